The van der Waals surface area contributed by atoms with Crippen LogP contribution in [-0.4, -0.2) is 24.3 Å². The summed E-state index contributed by atoms with van der Waals surface area (Å²) in [5.41, 5.74) is 2.59. The van der Waals surface area contributed by atoms with Crippen molar-refractivity contribution in [1.82, 2.24) is 0 Å². The number of aliphatic hydroxyl groups is 1. The Bertz CT molecular complexity index is 288. The van der Waals surface area contributed by atoms with E-state index in [2.05, 4.69) is 43.0 Å². The van der Waals surface area contributed by atoms with Crippen molar-refractivity contribution < 1.29 is 5.11 Å². The second-order valence-corrected chi connectivity index (χ2v) is 4.23. The Balaban J connectivity index is 2.60. The van der Waals surface area contributed by atoms with Gasteiger partial charge in [-0.2, -0.15) is 0 Å². The van der Waals surface area contributed by atoms with Crippen LogP contribution in [0.25, 0.3) is 0 Å². The van der Waals surface area contributed by atoms with Crippen molar-refractivity contribution in [3.05, 3.63) is 29.8 Å². The topological polar surface area (TPSA) is 23.5 Å². The molecule has 16 heavy (non-hydrogen) atoms. The third-order valence-corrected chi connectivity index (χ3v) is 2.92. The van der Waals surface area contributed by atoms with Crippen molar-refractivity contribution in [2.75, 3.05) is 18.0 Å². The minimum atomic E-state index is -0.206. The van der Waals surface area contributed by atoms with E-state index in [0.29, 0.717) is 0 Å². The van der Waals surface area contributed by atoms with Gasteiger partial charge in [-0.05, 0) is 51.3 Å². The zero-order valence-electron chi connectivity index (χ0n) is 10.6. The zero-order valence-corrected chi connectivity index (χ0v) is 10.6. The molecule has 1 N–H and O–H groups in total. The van der Waals surface area contributed by atoms with Crippen LogP contribution in [0.15, 0.2) is 24.3 Å². The van der Waals surface area contributed by atoms with E-state index >= 15 is 0 Å². The van der Waals surface area contributed by atoms with Gasteiger partial charge in [-0.3, -0.25) is 0 Å². The molecule has 1 aromatic rings. The number of hydrogen-bond acceptors (Lipinski definition) is 2. The van der Waals surface area contributed by atoms with Crippen LogP contribution in [-0.2, 0) is 6.42 Å². The summed E-state index contributed by atoms with van der Waals surface area (Å²) >= 11 is 0. The number of aryl methyl sites for hydroxylation is 1. The van der Waals surface area contributed by atoms with Crippen LogP contribution in [0.4, 0.5) is 5.69 Å². The van der Waals surface area contributed by atoms with Gasteiger partial charge >= 0.3 is 0 Å². The highest BCUT2D eigenvalue weighted by Crippen LogP contribution is 2.16. The fourth-order valence-corrected chi connectivity index (χ4v) is 1.84. The molecule has 1 unspecified atom stereocenters. The third-order valence-electron chi connectivity index (χ3n) is 2.92. The van der Waals surface area contributed by atoms with Crippen molar-refractivity contribution in [2.24, 2.45) is 0 Å². The summed E-state index contributed by atoms with van der Waals surface area (Å²) in [5.74, 6) is 0. The number of rotatable bonds is 6. The molecule has 0 fully saturated rings. The highest BCUT2D eigenvalue weighted by atomic mass is 16.3. The summed E-state index contributed by atoms with van der Waals surface area (Å²) in [5, 5.41) is 9.22. The van der Waals surface area contributed by atoms with Gasteiger partial charge in [0.15, 0.2) is 0 Å². The van der Waals surface area contributed by atoms with Gasteiger partial charge in [-0.1, -0.05) is 12.1 Å². The summed E-state index contributed by atoms with van der Waals surface area (Å²) in [6, 6.07) is 8.67. The Morgan fingerprint density at radius 3 is 2.12 bits per heavy atom. The minimum Gasteiger partial charge on any atom is -0.393 e. The van der Waals surface area contributed by atoms with E-state index in [1.807, 2.05) is 6.92 Å². The fourth-order valence-electron chi connectivity index (χ4n) is 1.84. The highest BCUT2D eigenvalue weighted by molar-refractivity contribution is 5.47. The van der Waals surface area contributed by atoms with Gasteiger partial charge in [0.05, 0.1) is 6.10 Å². The molecule has 2 nitrogen and oxygen atoms in total. The van der Waals surface area contributed by atoms with Crippen molar-refractivity contribution >= 4 is 5.69 Å². The Hall–Kier alpha value is -1.02. The largest absolute Gasteiger partial charge is 0.393 e. The molecule has 2 heteroatoms. The number of anilines is 1. The van der Waals surface area contributed by atoms with Gasteiger partial charge in [0.25, 0.3) is 0 Å². The van der Waals surface area contributed by atoms with Crippen LogP contribution in [0.2, 0.25) is 0 Å². The molecule has 1 rings (SSSR count). The first kappa shape index (κ1) is 13.0. The Labute approximate surface area is 98.9 Å². The molecule has 0 aliphatic heterocycles. The Kier molecular flexibility index (Phi) is 5.33. The highest BCUT2D eigenvalue weighted by Gasteiger charge is 2.02. The third kappa shape index (κ3) is 3.86. The maximum absolute atomic E-state index is 9.22. The molecule has 90 valence electrons. The summed E-state index contributed by atoms with van der Waals surface area (Å²) in [7, 11) is 0. The lowest BCUT2D eigenvalue weighted by molar-refractivity contribution is 0.185. The maximum Gasteiger partial charge on any atom is 0.0515 e. The molecule has 0 saturated carbocycles. The van der Waals surface area contributed by atoms with Crippen LogP contribution >= 0.6 is 0 Å². The molecule has 0 aliphatic rings. The second kappa shape index (κ2) is 6.54. The molecule has 0 heterocycles. The van der Waals surface area contributed by atoms with E-state index in [4.69, 9.17) is 0 Å². The van der Waals surface area contributed by atoms with Gasteiger partial charge in [-0.15, -0.1) is 0 Å². The molecule has 0 radical (unpaired) electrons. The number of aliphatic hydroxyl groups excluding tert-OH is 1. The van der Waals surface area contributed by atoms with Crippen LogP contribution in [0.1, 0.15) is 32.8 Å². The molecule has 0 spiro atoms. The van der Waals surface area contributed by atoms with Crippen molar-refractivity contribution in [3.63, 3.8) is 0 Å². The van der Waals surface area contributed by atoms with E-state index in [-0.39, 0.29) is 6.10 Å². The standard InChI is InChI=1S/C14H23NO/c1-4-15(5-2)14-10-8-13(9-11-14)7-6-12(3)16/h8-12,16H,4-7H2,1-3H3. The van der Waals surface area contributed by atoms with Crippen LogP contribution in [0.5, 0.6) is 0 Å². The van der Waals surface area contributed by atoms with Gasteiger partial charge in [0, 0.05) is 18.8 Å². The monoisotopic (exact) mass is 221 g/mol. The first-order valence-corrected chi connectivity index (χ1v) is 6.19. The van der Waals surface area contributed by atoms with Crippen LogP contribution in [0, 0.1) is 0 Å². The van der Waals surface area contributed by atoms with E-state index < -0.39 is 0 Å². The van der Waals surface area contributed by atoms with Crippen molar-refractivity contribution in [1.29, 1.82) is 0 Å². The lowest BCUT2D eigenvalue weighted by atomic mass is 10.1. The first-order valence-electron chi connectivity index (χ1n) is 6.19. The Morgan fingerprint density at radius 2 is 1.69 bits per heavy atom. The van der Waals surface area contributed by atoms with Crippen molar-refractivity contribution in [3.8, 4) is 0 Å². The van der Waals surface area contributed by atoms with E-state index in [0.717, 1.165) is 25.9 Å². The summed E-state index contributed by atoms with van der Waals surface area (Å²) in [4.78, 5) is 2.33. The number of hydrogen-bond donors (Lipinski definition) is 1. The molecule has 0 aliphatic carbocycles. The molecule has 0 saturated heterocycles. The molecular weight excluding hydrogens is 198 g/mol. The minimum absolute atomic E-state index is 0.206. The lowest BCUT2D eigenvalue weighted by Gasteiger charge is -2.21. The number of benzene rings is 1. The van der Waals surface area contributed by atoms with Gasteiger partial charge < -0.3 is 10.0 Å². The predicted octanol–water partition coefficient (Wildman–Crippen LogP) is 2.85. The van der Waals surface area contributed by atoms with Gasteiger partial charge in [0.1, 0.15) is 0 Å². The van der Waals surface area contributed by atoms with E-state index in [1.165, 1.54) is 11.3 Å². The number of nitrogens with zero attached hydrogens (tertiary/aromatic N) is 1. The molecule has 0 amide bonds. The van der Waals surface area contributed by atoms with Crippen LogP contribution in [0.3, 0.4) is 0 Å². The van der Waals surface area contributed by atoms with Gasteiger partial charge in [-0.25, -0.2) is 0 Å². The lowest BCUT2D eigenvalue weighted by Crippen LogP contribution is -2.21. The molecule has 1 atom stereocenters. The average molecular weight is 221 g/mol. The summed E-state index contributed by atoms with van der Waals surface area (Å²) in [6.45, 7) is 8.27. The first-order chi connectivity index (χ1) is 7.67. The molecule has 0 bridgehead atoms. The average Bonchev–Trinajstić information content (AvgIpc) is 2.29. The fraction of sp³-hybridized carbons (Fsp3) is 0.571. The van der Waals surface area contributed by atoms with E-state index in [9.17, 15) is 5.11 Å². The molecule has 0 aromatic heterocycles. The maximum atomic E-state index is 9.22. The smallest absolute Gasteiger partial charge is 0.0515 e. The Morgan fingerprint density at radius 1 is 1.12 bits per heavy atom. The second-order valence-electron chi connectivity index (χ2n) is 4.23. The summed E-state index contributed by atoms with van der Waals surface area (Å²) < 4.78 is 0. The normalized spacial score (nSPS) is 12.5. The zero-order chi connectivity index (χ0) is 12.0. The molecular formula is C14H23NO. The van der Waals surface area contributed by atoms with Crippen molar-refractivity contribution in [2.45, 2.75) is 39.7 Å². The predicted molar refractivity (Wildman–Crippen MR) is 70.0 cm³/mol. The summed E-state index contributed by atoms with van der Waals surface area (Å²) in [6.07, 6.45) is 1.59. The molecule has 1 aromatic carbocycles. The van der Waals surface area contributed by atoms with Gasteiger partial charge in [0.2, 0.25) is 0 Å². The van der Waals surface area contributed by atoms with Crippen LogP contribution < -0.4 is 4.90 Å². The quantitative estimate of drug-likeness (QED) is 0.798. The SMILES string of the molecule is CCN(CC)c1ccc(CCC(C)O)cc1. The van der Waals surface area contributed by atoms with E-state index in [1.54, 1.807) is 0 Å².